The highest BCUT2D eigenvalue weighted by atomic mass is 32.2. The van der Waals surface area contributed by atoms with E-state index in [1.165, 1.54) is 11.3 Å². The van der Waals surface area contributed by atoms with E-state index in [9.17, 15) is 8.42 Å². The fourth-order valence-electron chi connectivity index (χ4n) is 0.983. The molecular formula is C8H11N3O2S2. The van der Waals surface area contributed by atoms with E-state index in [0.717, 1.165) is 0 Å². The Kier molecular flexibility index (Phi) is 4.20. The summed E-state index contributed by atoms with van der Waals surface area (Å²) in [4.78, 5) is 3.94. The quantitative estimate of drug-likeness (QED) is 0.834. The average Bonchev–Trinajstić information content (AvgIpc) is 2.69. The second kappa shape index (κ2) is 5.21. The number of nitrogens with one attached hydrogen (secondary N) is 1. The molecular weight excluding hydrogens is 234 g/mol. The largest absolute Gasteiger partial charge is 0.248 e. The highest BCUT2D eigenvalue weighted by molar-refractivity contribution is 7.90. The van der Waals surface area contributed by atoms with Crippen molar-refractivity contribution in [3.8, 4) is 6.07 Å². The molecule has 0 aromatic carbocycles. The zero-order valence-electron chi connectivity index (χ0n) is 8.17. The van der Waals surface area contributed by atoms with Crippen molar-refractivity contribution in [1.82, 2.24) is 9.71 Å². The van der Waals surface area contributed by atoms with Gasteiger partial charge in [0.1, 0.15) is 5.01 Å². The summed E-state index contributed by atoms with van der Waals surface area (Å²) >= 11 is 1.37. The number of hydrogen-bond donors (Lipinski definition) is 1. The molecule has 1 unspecified atom stereocenters. The van der Waals surface area contributed by atoms with Gasteiger partial charge in [-0.2, -0.15) is 5.26 Å². The minimum Gasteiger partial charge on any atom is -0.248 e. The van der Waals surface area contributed by atoms with Crippen LogP contribution in [0, 0.1) is 11.3 Å². The standard InChI is InChI=1S/C8H11N3O2S2/c1-2-7(5-9)15(12,13)11-6-8-10-3-4-14-8/h3-4,7,11H,2,6H2,1H3. The Balaban J connectivity index is 2.62. The summed E-state index contributed by atoms with van der Waals surface area (Å²) in [5.74, 6) is 0. The average molecular weight is 245 g/mol. The summed E-state index contributed by atoms with van der Waals surface area (Å²) in [7, 11) is -3.54. The molecule has 0 aliphatic carbocycles. The van der Waals surface area contributed by atoms with Crippen LogP contribution in [0.4, 0.5) is 0 Å². The van der Waals surface area contributed by atoms with E-state index < -0.39 is 15.3 Å². The predicted octanol–water partition coefficient (Wildman–Crippen LogP) is 0.865. The van der Waals surface area contributed by atoms with Crippen molar-refractivity contribution in [3.63, 3.8) is 0 Å². The second-order valence-electron chi connectivity index (χ2n) is 2.82. The van der Waals surface area contributed by atoms with Crippen molar-refractivity contribution in [3.05, 3.63) is 16.6 Å². The van der Waals surface area contributed by atoms with Gasteiger partial charge in [0, 0.05) is 11.6 Å². The minimum atomic E-state index is -3.54. The molecule has 82 valence electrons. The highest BCUT2D eigenvalue weighted by Gasteiger charge is 2.22. The van der Waals surface area contributed by atoms with Gasteiger partial charge in [-0.25, -0.2) is 18.1 Å². The molecule has 0 saturated heterocycles. The predicted molar refractivity (Wildman–Crippen MR) is 57.6 cm³/mol. The van der Waals surface area contributed by atoms with Crippen molar-refractivity contribution in [2.24, 2.45) is 0 Å². The normalized spacial score (nSPS) is 13.3. The first-order valence-corrected chi connectivity index (χ1v) is 6.79. The molecule has 0 saturated carbocycles. The smallest absolute Gasteiger partial charge is 0.228 e. The molecule has 0 spiro atoms. The summed E-state index contributed by atoms with van der Waals surface area (Å²) in [6.07, 6.45) is 1.89. The lowest BCUT2D eigenvalue weighted by molar-refractivity contribution is 0.572. The van der Waals surface area contributed by atoms with Crippen LogP contribution < -0.4 is 4.72 Å². The fourth-order valence-corrected chi connectivity index (χ4v) is 2.75. The number of rotatable bonds is 5. The Labute approximate surface area is 92.8 Å². The zero-order valence-corrected chi connectivity index (χ0v) is 9.81. The van der Waals surface area contributed by atoms with Gasteiger partial charge < -0.3 is 0 Å². The van der Waals surface area contributed by atoms with Crippen LogP contribution in [0.2, 0.25) is 0 Å². The molecule has 15 heavy (non-hydrogen) atoms. The van der Waals surface area contributed by atoms with Gasteiger partial charge in [0.25, 0.3) is 0 Å². The molecule has 0 bridgehead atoms. The van der Waals surface area contributed by atoms with E-state index in [-0.39, 0.29) is 13.0 Å². The number of aromatic nitrogens is 1. The summed E-state index contributed by atoms with van der Waals surface area (Å²) in [6, 6.07) is 1.75. The number of nitrogens with zero attached hydrogens (tertiary/aromatic N) is 2. The Morgan fingerprint density at radius 1 is 1.73 bits per heavy atom. The van der Waals surface area contributed by atoms with Gasteiger partial charge >= 0.3 is 0 Å². The van der Waals surface area contributed by atoms with Crippen molar-refractivity contribution in [2.45, 2.75) is 25.1 Å². The molecule has 0 amide bonds. The molecule has 7 heteroatoms. The molecule has 1 N–H and O–H groups in total. The van der Waals surface area contributed by atoms with Gasteiger partial charge in [-0.3, -0.25) is 0 Å². The number of hydrogen-bond acceptors (Lipinski definition) is 5. The first-order chi connectivity index (χ1) is 7.10. The van der Waals surface area contributed by atoms with Gasteiger partial charge in [0.2, 0.25) is 10.0 Å². The van der Waals surface area contributed by atoms with Crippen LogP contribution in [0.1, 0.15) is 18.4 Å². The van der Waals surface area contributed by atoms with Crippen LogP contribution in [0.15, 0.2) is 11.6 Å². The monoisotopic (exact) mass is 245 g/mol. The van der Waals surface area contributed by atoms with Crippen LogP contribution >= 0.6 is 11.3 Å². The number of sulfonamides is 1. The summed E-state index contributed by atoms with van der Waals surface area (Å²) in [6.45, 7) is 1.81. The Hall–Kier alpha value is -0.970. The van der Waals surface area contributed by atoms with Gasteiger partial charge in [-0.15, -0.1) is 11.3 Å². The van der Waals surface area contributed by atoms with Gasteiger partial charge in [0.15, 0.2) is 5.25 Å². The molecule has 1 atom stereocenters. The highest BCUT2D eigenvalue weighted by Crippen LogP contribution is 2.07. The molecule has 5 nitrogen and oxygen atoms in total. The Morgan fingerprint density at radius 3 is 2.93 bits per heavy atom. The zero-order chi connectivity index (χ0) is 11.3. The van der Waals surface area contributed by atoms with E-state index in [2.05, 4.69) is 9.71 Å². The fraction of sp³-hybridized carbons (Fsp3) is 0.500. The van der Waals surface area contributed by atoms with Crippen molar-refractivity contribution in [1.29, 1.82) is 5.26 Å². The van der Waals surface area contributed by atoms with Crippen LogP contribution in [0.3, 0.4) is 0 Å². The van der Waals surface area contributed by atoms with E-state index in [1.807, 2.05) is 0 Å². The maximum atomic E-state index is 11.5. The molecule has 0 radical (unpaired) electrons. The molecule has 0 aliphatic rings. The molecule has 1 aromatic rings. The maximum absolute atomic E-state index is 11.5. The number of thiazole rings is 1. The minimum absolute atomic E-state index is 0.151. The topological polar surface area (TPSA) is 82.8 Å². The third kappa shape index (κ3) is 3.27. The van der Waals surface area contributed by atoms with E-state index in [0.29, 0.717) is 5.01 Å². The molecule has 1 aromatic heterocycles. The summed E-state index contributed by atoms with van der Waals surface area (Å²) in [5.41, 5.74) is 0. The third-order valence-corrected chi connectivity index (χ3v) is 4.31. The third-order valence-electron chi connectivity index (χ3n) is 1.80. The lowest BCUT2D eigenvalue weighted by atomic mass is 10.4. The van der Waals surface area contributed by atoms with Crippen LogP contribution in [-0.4, -0.2) is 18.7 Å². The van der Waals surface area contributed by atoms with E-state index in [4.69, 9.17) is 5.26 Å². The molecule has 1 rings (SSSR count). The summed E-state index contributed by atoms with van der Waals surface area (Å²) < 4.78 is 25.4. The van der Waals surface area contributed by atoms with Crippen molar-refractivity contribution < 1.29 is 8.42 Å². The molecule has 0 aliphatic heterocycles. The first kappa shape index (κ1) is 12.1. The first-order valence-electron chi connectivity index (χ1n) is 4.36. The van der Waals surface area contributed by atoms with Crippen LogP contribution in [-0.2, 0) is 16.6 Å². The lowest BCUT2D eigenvalue weighted by Crippen LogP contribution is -2.32. The summed E-state index contributed by atoms with van der Waals surface area (Å²) in [5, 5.41) is 10.1. The van der Waals surface area contributed by atoms with Crippen molar-refractivity contribution in [2.75, 3.05) is 0 Å². The molecule has 1 heterocycles. The lowest BCUT2D eigenvalue weighted by Gasteiger charge is -2.08. The maximum Gasteiger partial charge on any atom is 0.228 e. The van der Waals surface area contributed by atoms with Gasteiger partial charge in [-0.1, -0.05) is 6.92 Å². The number of nitriles is 1. The Bertz CT molecular complexity index is 433. The van der Waals surface area contributed by atoms with E-state index in [1.54, 1.807) is 24.6 Å². The van der Waals surface area contributed by atoms with Crippen LogP contribution in [0.5, 0.6) is 0 Å². The Morgan fingerprint density at radius 2 is 2.47 bits per heavy atom. The van der Waals surface area contributed by atoms with Gasteiger partial charge in [0.05, 0.1) is 12.6 Å². The van der Waals surface area contributed by atoms with Crippen LogP contribution in [0.25, 0.3) is 0 Å². The van der Waals surface area contributed by atoms with Gasteiger partial charge in [-0.05, 0) is 6.42 Å². The molecule has 0 fully saturated rings. The second-order valence-corrected chi connectivity index (χ2v) is 5.74. The van der Waals surface area contributed by atoms with Crippen molar-refractivity contribution >= 4 is 21.4 Å². The SMILES string of the molecule is CCC(C#N)S(=O)(=O)NCc1nccs1. The van der Waals surface area contributed by atoms with E-state index >= 15 is 0 Å².